The Morgan fingerprint density at radius 1 is 1.06 bits per heavy atom. The third-order valence-corrected chi connectivity index (χ3v) is 2.96. The molecule has 2 rings (SSSR count). The van der Waals surface area contributed by atoms with Gasteiger partial charge in [0.15, 0.2) is 0 Å². The minimum absolute atomic E-state index is 0. The summed E-state index contributed by atoms with van der Waals surface area (Å²) in [6.07, 6.45) is 7.69. The molecular formula is C14H20CuN2. The van der Waals surface area contributed by atoms with E-state index in [0.29, 0.717) is 0 Å². The van der Waals surface area contributed by atoms with Gasteiger partial charge in [0.05, 0.1) is 11.0 Å². The topological polar surface area (TPSA) is 28.7 Å². The van der Waals surface area contributed by atoms with Gasteiger partial charge in [-0.1, -0.05) is 44.7 Å². The van der Waals surface area contributed by atoms with E-state index in [1.54, 1.807) is 0 Å². The van der Waals surface area contributed by atoms with Crippen LogP contribution in [0, 0.1) is 0 Å². The number of unbranched alkanes of at least 4 members (excludes halogenated alkanes) is 4. The summed E-state index contributed by atoms with van der Waals surface area (Å²) in [5.74, 6) is 1.14. The molecule has 0 aliphatic heterocycles. The second-order valence-electron chi connectivity index (χ2n) is 4.36. The first kappa shape index (κ1) is 14.3. The van der Waals surface area contributed by atoms with E-state index in [4.69, 9.17) is 0 Å². The molecule has 97 valence electrons. The molecule has 17 heavy (non-hydrogen) atoms. The normalized spacial score (nSPS) is 10.4. The van der Waals surface area contributed by atoms with Crippen LogP contribution in [0.1, 0.15) is 44.9 Å². The minimum Gasteiger partial charge on any atom is -0.342 e. The molecule has 2 aromatic rings. The maximum absolute atomic E-state index is 4.57. The van der Waals surface area contributed by atoms with E-state index < -0.39 is 0 Å². The number of aromatic amines is 1. The van der Waals surface area contributed by atoms with Crippen molar-refractivity contribution in [2.75, 3.05) is 0 Å². The van der Waals surface area contributed by atoms with Crippen molar-refractivity contribution in [3.8, 4) is 0 Å². The van der Waals surface area contributed by atoms with Gasteiger partial charge in [0.1, 0.15) is 5.82 Å². The van der Waals surface area contributed by atoms with Gasteiger partial charge in [0, 0.05) is 23.5 Å². The van der Waals surface area contributed by atoms with E-state index in [1.165, 1.54) is 32.1 Å². The summed E-state index contributed by atoms with van der Waals surface area (Å²) in [6, 6.07) is 8.23. The van der Waals surface area contributed by atoms with Gasteiger partial charge >= 0.3 is 0 Å². The Bertz CT molecular complexity index is 403. The predicted octanol–water partition coefficient (Wildman–Crippen LogP) is 4.07. The predicted molar refractivity (Wildman–Crippen MR) is 68.6 cm³/mol. The smallest absolute Gasteiger partial charge is 0.107 e. The molecule has 0 spiro atoms. The molecule has 0 aliphatic carbocycles. The van der Waals surface area contributed by atoms with Gasteiger partial charge < -0.3 is 4.98 Å². The van der Waals surface area contributed by atoms with Crippen LogP contribution in [0.2, 0.25) is 0 Å². The fourth-order valence-corrected chi connectivity index (χ4v) is 2.02. The molecule has 1 N–H and O–H groups in total. The molecule has 1 aromatic carbocycles. The van der Waals surface area contributed by atoms with Crippen molar-refractivity contribution in [2.45, 2.75) is 45.4 Å². The Kier molecular flexibility index (Phi) is 6.31. The SMILES string of the molecule is CCCCCCCc1nc2ccccc2[nH]1.[Cu]. The molecule has 1 heterocycles. The number of nitrogens with zero attached hydrogens (tertiary/aromatic N) is 1. The maximum Gasteiger partial charge on any atom is 0.107 e. The van der Waals surface area contributed by atoms with Crippen LogP contribution in [0.15, 0.2) is 24.3 Å². The molecule has 2 nitrogen and oxygen atoms in total. The van der Waals surface area contributed by atoms with Crippen LogP contribution in [0.4, 0.5) is 0 Å². The second kappa shape index (κ2) is 7.52. The van der Waals surface area contributed by atoms with Gasteiger partial charge in [-0.25, -0.2) is 4.98 Å². The van der Waals surface area contributed by atoms with E-state index in [9.17, 15) is 0 Å². The zero-order valence-corrected chi connectivity index (χ0v) is 11.2. The largest absolute Gasteiger partial charge is 0.342 e. The van der Waals surface area contributed by atoms with Gasteiger partial charge in [0.25, 0.3) is 0 Å². The molecule has 0 saturated heterocycles. The molecule has 3 heteroatoms. The van der Waals surface area contributed by atoms with Crippen LogP contribution in [0.3, 0.4) is 0 Å². The standard InChI is InChI=1S/C14H20N2.Cu/c1-2-3-4-5-6-11-14-15-12-9-7-8-10-13(12)16-14;/h7-10H,2-6,11H2,1H3,(H,15,16);. The summed E-state index contributed by atoms with van der Waals surface area (Å²) in [5, 5.41) is 0. The monoisotopic (exact) mass is 279 g/mol. The van der Waals surface area contributed by atoms with Crippen LogP contribution in [-0.4, -0.2) is 9.97 Å². The van der Waals surface area contributed by atoms with E-state index >= 15 is 0 Å². The van der Waals surface area contributed by atoms with Crippen LogP contribution in [0.5, 0.6) is 0 Å². The number of para-hydroxylation sites is 2. The van der Waals surface area contributed by atoms with Crippen LogP contribution >= 0.6 is 0 Å². The van der Waals surface area contributed by atoms with E-state index in [1.807, 2.05) is 12.1 Å². The van der Waals surface area contributed by atoms with Gasteiger partial charge in [0.2, 0.25) is 0 Å². The maximum atomic E-state index is 4.57. The number of hydrogen-bond donors (Lipinski definition) is 1. The van der Waals surface area contributed by atoms with Crippen LogP contribution in [0.25, 0.3) is 11.0 Å². The number of aryl methyl sites for hydroxylation is 1. The van der Waals surface area contributed by atoms with Gasteiger partial charge in [-0.05, 0) is 18.6 Å². The molecule has 0 unspecified atom stereocenters. The molecule has 1 radical (unpaired) electrons. The van der Waals surface area contributed by atoms with Crippen LogP contribution < -0.4 is 0 Å². The van der Waals surface area contributed by atoms with Crippen molar-refractivity contribution in [1.82, 2.24) is 9.97 Å². The summed E-state index contributed by atoms with van der Waals surface area (Å²) in [4.78, 5) is 7.95. The fraction of sp³-hybridized carbons (Fsp3) is 0.500. The average molecular weight is 280 g/mol. The number of H-pyrrole nitrogens is 1. The zero-order chi connectivity index (χ0) is 11.2. The van der Waals surface area contributed by atoms with E-state index in [0.717, 1.165) is 23.3 Å². The van der Waals surface area contributed by atoms with Crippen molar-refractivity contribution in [2.24, 2.45) is 0 Å². The van der Waals surface area contributed by atoms with Crippen LogP contribution in [-0.2, 0) is 23.5 Å². The summed E-state index contributed by atoms with van der Waals surface area (Å²) < 4.78 is 0. The number of rotatable bonds is 6. The Balaban J connectivity index is 0.00000144. The van der Waals surface area contributed by atoms with Crippen molar-refractivity contribution in [3.05, 3.63) is 30.1 Å². The molecular weight excluding hydrogens is 260 g/mol. The van der Waals surface area contributed by atoms with Crippen molar-refractivity contribution in [3.63, 3.8) is 0 Å². The number of benzene rings is 1. The quantitative estimate of drug-likeness (QED) is 0.627. The van der Waals surface area contributed by atoms with Gasteiger partial charge in [-0.3, -0.25) is 0 Å². The Morgan fingerprint density at radius 3 is 2.59 bits per heavy atom. The summed E-state index contributed by atoms with van der Waals surface area (Å²) >= 11 is 0. The number of nitrogens with one attached hydrogen (secondary N) is 1. The number of hydrogen-bond acceptors (Lipinski definition) is 1. The molecule has 0 fully saturated rings. The third kappa shape index (κ3) is 4.18. The molecule has 0 atom stereocenters. The van der Waals surface area contributed by atoms with Crippen molar-refractivity contribution < 1.29 is 17.1 Å². The first-order chi connectivity index (χ1) is 7.90. The Hall–Kier alpha value is -0.791. The molecule has 0 saturated carbocycles. The summed E-state index contributed by atoms with van der Waals surface area (Å²) in [5.41, 5.74) is 2.25. The number of imidazole rings is 1. The molecule has 0 bridgehead atoms. The summed E-state index contributed by atoms with van der Waals surface area (Å²) in [6.45, 7) is 2.25. The zero-order valence-electron chi connectivity index (χ0n) is 10.3. The second-order valence-corrected chi connectivity index (χ2v) is 4.36. The van der Waals surface area contributed by atoms with Gasteiger partial charge in [-0.2, -0.15) is 0 Å². The third-order valence-electron chi connectivity index (χ3n) is 2.96. The molecule has 0 aliphatic rings. The summed E-state index contributed by atoms with van der Waals surface area (Å²) in [7, 11) is 0. The number of aromatic nitrogens is 2. The Morgan fingerprint density at radius 2 is 1.82 bits per heavy atom. The van der Waals surface area contributed by atoms with E-state index in [2.05, 4.69) is 29.0 Å². The van der Waals surface area contributed by atoms with Gasteiger partial charge in [-0.15, -0.1) is 0 Å². The first-order valence-corrected chi connectivity index (χ1v) is 6.34. The number of fused-ring (bicyclic) bond motifs is 1. The fourth-order valence-electron chi connectivity index (χ4n) is 2.02. The molecule has 1 aromatic heterocycles. The molecule has 0 amide bonds. The Labute approximate surface area is 114 Å². The van der Waals surface area contributed by atoms with Crippen molar-refractivity contribution >= 4 is 11.0 Å². The first-order valence-electron chi connectivity index (χ1n) is 6.34. The minimum atomic E-state index is 0. The van der Waals surface area contributed by atoms with E-state index in [-0.39, 0.29) is 17.1 Å². The average Bonchev–Trinajstić information content (AvgIpc) is 2.71. The van der Waals surface area contributed by atoms with Crippen molar-refractivity contribution in [1.29, 1.82) is 0 Å².